The second kappa shape index (κ2) is 8.49. The Balaban J connectivity index is 1.72. The van der Waals surface area contributed by atoms with Crippen LogP contribution in [0, 0.1) is 0 Å². The molecule has 2 N–H and O–H groups in total. The predicted molar refractivity (Wildman–Crippen MR) is 122 cm³/mol. The van der Waals surface area contributed by atoms with Gasteiger partial charge in [0, 0.05) is 0 Å². The second-order valence-corrected chi connectivity index (χ2v) is 8.85. The van der Waals surface area contributed by atoms with Crippen LogP contribution in [0.2, 0.25) is 0 Å². The first kappa shape index (κ1) is 26.6. The summed E-state index contributed by atoms with van der Waals surface area (Å²) in [6.07, 6.45) is -12.2. The van der Waals surface area contributed by atoms with E-state index in [1.807, 2.05) is 0 Å². The van der Waals surface area contributed by atoms with Gasteiger partial charge in [-0.25, -0.2) is 9.69 Å². The van der Waals surface area contributed by atoms with Crippen molar-refractivity contribution in [1.29, 1.82) is 0 Å². The Bertz CT molecular complexity index is 1660. The highest BCUT2D eigenvalue weighted by atomic mass is 19.4. The molecule has 0 fully saturated rings. The van der Waals surface area contributed by atoms with E-state index in [0.717, 1.165) is 12.1 Å². The van der Waals surface area contributed by atoms with E-state index in [1.54, 1.807) is 5.32 Å². The van der Waals surface area contributed by atoms with Crippen molar-refractivity contribution in [3.8, 4) is 0 Å². The quantitative estimate of drug-likeness (QED) is 0.358. The highest BCUT2D eigenvalue weighted by molar-refractivity contribution is 6.34. The van der Waals surface area contributed by atoms with Crippen LogP contribution in [0.3, 0.4) is 0 Å². The molecule has 204 valence electrons. The van der Waals surface area contributed by atoms with E-state index in [9.17, 15) is 55.4 Å². The molecule has 0 aliphatic carbocycles. The van der Waals surface area contributed by atoms with Crippen molar-refractivity contribution in [2.75, 3.05) is 4.90 Å². The van der Waals surface area contributed by atoms with Crippen LogP contribution in [-0.2, 0) is 5.41 Å². The van der Waals surface area contributed by atoms with E-state index in [4.69, 9.17) is 0 Å². The fourth-order valence-electron chi connectivity index (χ4n) is 4.87. The number of imide groups is 2. The number of halogens is 6. The summed E-state index contributed by atoms with van der Waals surface area (Å²) in [5.74, 6) is -5.96. The van der Waals surface area contributed by atoms with Gasteiger partial charge in [-0.15, -0.1) is 0 Å². The van der Waals surface area contributed by atoms with Crippen molar-refractivity contribution in [3.05, 3.63) is 99.6 Å². The molecule has 3 aromatic rings. The molecule has 3 aromatic carbocycles. The van der Waals surface area contributed by atoms with Crippen molar-refractivity contribution in [2.24, 2.45) is 0 Å². The molecule has 0 saturated carbocycles. The number of carboxylic acid groups (broad SMARTS) is 1. The van der Waals surface area contributed by atoms with Crippen LogP contribution >= 0.6 is 0 Å². The third-order valence-corrected chi connectivity index (χ3v) is 6.69. The molecule has 2 aliphatic heterocycles. The molecule has 0 aromatic heterocycles. The lowest BCUT2D eigenvalue weighted by Gasteiger charge is -2.38. The number of carbonyl (C=O) groups is 5. The molecule has 0 saturated heterocycles. The first-order valence-corrected chi connectivity index (χ1v) is 11.1. The fourth-order valence-corrected chi connectivity index (χ4v) is 4.87. The number of carbonyl (C=O) groups excluding carboxylic acids is 4. The maximum atomic E-state index is 14.7. The van der Waals surface area contributed by atoms with Gasteiger partial charge in [-0.1, -0.05) is 18.2 Å². The van der Waals surface area contributed by atoms with Gasteiger partial charge < -0.3 is 5.11 Å². The summed E-state index contributed by atoms with van der Waals surface area (Å²) in [6, 6.07) is 7.20. The van der Waals surface area contributed by atoms with E-state index in [0.29, 0.717) is 41.3 Å². The lowest BCUT2D eigenvalue weighted by atomic mass is 9.71. The van der Waals surface area contributed by atoms with E-state index in [2.05, 4.69) is 0 Å². The third kappa shape index (κ3) is 3.59. The number of rotatable bonds is 4. The molecule has 40 heavy (non-hydrogen) atoms. The number of hydrogen-bond donors (Lipinski definition) is 2. The average molecular weight is 562 g/mol. The topological polar surface area (TPSA) is 121 Å². The van der Waals surface area contributed by atoms with Crippen molar-refractivity contribution < 1.29 is 55.4 Å². The first-order valence-electron chi connectivity index (χ1n) is 11.1. The van der Waals surface area contributed by atoms with Crippen molar-refractivity contribution in [2.45, 2.75) is 17.8 Å². The Morgan fingerprint density at radius 2 is 1.20 bits per heavy atom. The Morgan fingerprint density at radius 1 is 0.675 bits per heavy atom. The van der Waals surface area contributed by atoms with Gasteiger partial charge in [0.2, 0.25) is 5.41 Å². The highest BCUT2D eigenvalue weighted by Crippen LogP contribution is 2.57. The number of alkyl halides is 6. The first-order chi connectivity index (χ1) is 18.6. The summed E-state index contributed by atoms with van der Waals surface area (Å²) in [5, 5.41) is 11.0. The van der Waals surface area contributed by atoms with Gasteiger partial charge in [-0.05, 0) is 53.6 Å². The number of anilines is 1. The zero-order chi connectivity index (χ0) is 29.4. The van der Waals surface area contributed by atoms with Gasteiger partial charge in [0.1, 0.15) is 0 Å². The summed E-state index contributed by atoms with van der Waals surface area (Å²) in [6.45, 7) is 0. The summed E-state index contributed by atoms with van der Waals surface area (Å²) in [7, 11) is 0. The molecule has 0 unspecified atom stereocenters. The summed E-state index contributed by atoms with van der Waals surface area (Å²) in [5.41, 5.74) is -10.7. The fraction of sp³-hybridized carbons (Fsp3) is 0.115. The standard InChI is InChI=1S/C26H12F6N2O6/c27-25(28,29)24(26(30,31)32,12-4-6-15-17(9-12)20(36)33-19(15)35)13-5-7-16-18(10-13)22(38)34(21(16)37)14-3-1-2-11(8-14)23(39)40/h1-10H,(H,39,40)(H,33,35,36). The maximum Gasteiger partial charge on any atom is 0.411 e. The van der Waals surface area contributed by atoms with Crippen LogP contribution in [0.25, 0.3) is 0 Å². The van der Waals surface area contributed by atoms with E-state index in [-0.39, 0.29) is 11.3 Å². The lowest BCUT2D eigenvalue weighted by molar-refractivity contribution is -0.288. The molecule has 0 spiro atoms. The van der Waals surface area contributed by atoms with Crippen LogP contribution < -0.4 is 10.2 Å². The molecule has 0 atom stereocenters. The lowest BCUT2D eigenvalue weighted by Crippen LogP contribution is -2.55. The van der Waals surface area contributed by atoms with Crippen LogP contribution in [-0.4, -0.2) is 47.1 Å². The van der Waals surface area contributed by atoms with Gasteiger partial charge >= 0.3 is 18.3 Å². The van der Waals surface area contributed by atoms with Crippen molar-refractivity contribution in [1.82, 2.24) is 5.32 Å². The minimum atomic E-state index is -6.09. The zero-order valence-corrected chi connectivity index (χ0v) is 19.5. The minimum Gasteiger partial charge on any atom is -0.478 e. The SMILES string of the molecule is O=C(O)c1cccc(N2C(=O)c3ccc(C(c4ccc5c(c4)C(=O)NC5=O)(C(F)(F)F)C(F)(F)F)cc3C2=O)c1. The van der Waals surface area contributed by atoms with E-state index < -0.39 is 80.7 Å². The molecule has 0 bridgehead atoms. The van der Waals surface area contributed by atoms with Gasteiger partial charge in [0.15, 0.2) is 0 Å². The molecule has 0 radical (unpaired) electrons. The van der Waals surface area contributed by atoms with Gasteiger partial charge in [-0.2, -0.15) is 26.3 Å². The largest absolute Gasteiger partial charge is 0.478 e. The number of carboxylic acids is 1. The Hall–Kier alpha value is -5.01. The molecular formula is C26H12F6N2O6. The number of nitrogens with zero attached hydrogens (tertiary/aromatic N) is 1. The van der Waals surface area contributed by atoms with Crippen LogP contribution in [0.15, 0.2) is 60.7 Å². The van der Waals surface area contributed by atoms with Gasteiger partial charge in [-0.3, -0.25) is 24.5 Å². The summed E-state index contributed by atoms with van der Waals surface area (Å²) >= 11 is 0. The molecule has 4 amide bonds. The van der Waals surface area contributed by atoms with Crippen molar-refractivity contribution >= 4 is 35.3 Å². The van der Waals surface area contributed by atoms with Crippen LogP contribution in [0.1, 0.15) is 62.9 Å². The molecule has 14 heteroatoms. The zero-order valence-electron chi connectivity index (χ0n) is 19.5. The minimum absolute atomic E-state index is 0.264. The predicted octanol–water partition coefficient (Wildman–Crippen LogP) is 4.48. The monoisotopic (exact) mass is 562 g/mol. The molecule has 5 rings (SSSR count). The number of fused-ring (bicyclic) bond motifs is 2. The van der Waals surface area contributed by atoms with Crippen LogP contribution in [0.4, 0.5) is 32.0 Å². The van der Waals surface area contributed by atoms with E-state index in [1.165, 1.54) is 12.1 Å². The van der Waals surface area contributed by atoms with Gasteiger partial charge in [0.05, 0.1) is 33.5 Å². The smallest absolute Gasteiger partial charge is 0.411 e. The third-order valence-electron chi connectivity index (χ3n) is 6.69. The highest BCUT2D eigenvalue weighted by Gasteiger charge is 2.73. The Morgan fingerprint density at radius 3 is 1.77 bits per heavy atom. The normalized spacial score (nSPS) is 15.3. The number of amides is 4. The second-order valence-electron chi connectivity index (χ2n) is 8.85. The Kier molecular flexibility index (Phi) is 5.65. The number of benzene rings is 3. The number of aromatic carboxylic acids is 1. The van der Waals surface area contributed by atoms with E-state index >= 15 is 0 Å². The van der Waals surface area contributed by atoms with Crippen molar-refractivity contribution in [3.63, 3.8) is 0 Å². The van der Waals surface area contributed by atoms with Crippen LogP contribution in [0.5, 0.6) is 0 Å². The Labute approximate surface area is 218 Å². The average Bonchev–Trinajstić information content (AvgIpc) is 3.29. The molecule has 2 aliphatic rings. The summed E-state index contributed by atoms with van der Waals surface area (Å²) < 4.78 is 87.9. The van der Waals surface area contributed by atoms with Gasteiger partial charge in [0.25, 0.3) is 23.6 Å². The maximum absolute atomic E-state index is 14.7. The molecule has 8 nitrogen and oxygen atoms in total. The summed E-state index contributed by atoms with van der Waals surface area (Å²) in [4.78, 5) is 61.7. The number of nitrogens with one attached hydrogen (secondary N) is 1. The number of hydrogen-bond acceptors (Lipinski definition) is 5. The molecule has 2 heterocycles. The molecular weight excluding hydrogens is 550 g/mol.